The first-order valence-corrected chi connectivity index (χ1v) is 9.88. The van der Waals surface area contributed by atoms with E-state index in [1.54, 1.807) is 18.1 Å². The first kappa shape index (κ1) is 18.5. The molecule has 0 atom stereocenters. The van der Waals surface area contributed by atoms with Crippen molar-refractivity contribution in [2.75, 3.05) is 7.05 Å². The third kappa shape index (κ3) is 3.58. The van der Waals surface area contributed by atoms with Crippen molar-refractivity contribution in [3.05, 3.63) is 52.6 Å². The van der Waals surface area contributed by atoms with Crippen molar-refractivity contribution >= 4 is 5.91 Å². The summed E-state index contributed by atoms with van der Waals surface area (Å²) in [6.45, 7) is 5.34. The Balaban J connectivity index is 1.44. The van der Waals surface area contributed by atoms with Crippen LogP contribution in [0.5, 0.6) is 0 Å². The van der Waals surface area contributed by atoms with Gasteiger partial charge in [-0.2, -0.15) is 10.2 Å². The lowest BCUT2D eigenvalue weighted by Gasteiger charge is -2.17. The quantitative estimate of drug-likeness (QED) is 0.686. The standard InChI is InChI=1S/C20H27N7O/c1-13(2)19-21-8-9-27(19)11-14-10-17(24-22-14)20(28)26(3)12-18-15-6-4-5-7-16(15)23-25-18/h8-10,13H,4-7,11-12H2,1-3H3,(H,22,24)(H,23,25). The predicted octanol–water partition coefficient (Wildman–Crippen LogP) is 2.65. The van der Waals surface area contributed by atoms with Crippen LogP contribution >= 0.6 is 0 Å². The number of H-pyrrole nitrogens is 2. The van der Waals surface area contributed by atoms with Crippen molar-refractivity contribution in [3.63, 3.8) is 0 Å². The van der Waals surface area contributed by atoms with Crippen LogP contribution in [0.3, 0.4) is 0 Å². The summed E-state index contributed by atoms with van der Waals surface area (Å²) < 4.78 is 2.08. The molecule has 0 aromatic carbocycles. The van der Waals surface area contributed by atoms with Gasteiger partial charge < -0.3 is 9.47 Å². The van der Waals surface area contributed by atoms with Gasteiger partial charge in [0.25, 0.3) is 5.91 Å². The summed E-state index contributed by atoms with van der Waals surface area (Å²) in [6, 6.07) is 1.82. The number of carbonyl (C=O) groups is 1. The number of aromatic nitrogens is 6. The fourth-order valence-corrected chi connectivity index (χ4v) is 3.86. The molecule has 0 saturated carbocycles. The summed E-state index contributed by atoms with van der Waals surface area (Å²) in [5.74, 6) is 1.25. The predicted molar refractivity (Wildman–Crippen MR) is 105 cm³/mol. The normalized spacial score (nSPS) is 13.7. The zero-order chi connectivity index (χ0) is 19.7. The van der Waals surface area contributed by atoms with Gasteiger partial charge in [-0.1, -0.05) is 13.8 Å². The largest absolute Gasteiger partial charge is 0.334 e. The summed E-state index contributed by atoms with van der Waals surface area (Å²) in [6.07, 6.45) is 8.23. The zero-order valence-electron chi connectivity index (χ0n) is 16.7. The van der Waals surface area contributed by atoms with Crippen LogP contribution < -0.4 is 0 Å². The highest BCUT2D eigenvalue weighted by molar-refractivity contribution is 5.92. The van der Waals surface area contributed by atoms with Gasteiger partial charge in [0.1, 0.15) is 11.5 Å². The minimum atomic E-state index is -0.107. The molecule has 1 amide bonds. The van der Waals surface area contributed by atoms with E-state index >= 15 is 0 Å². The van der Waals surface area contributed by atoms with Crippen LogP contribution in [0.25, 0.3) is 0 Å². The highest BCUT2D eigenvalue weighted by atomic mass is 16.2. The van der Waals surface area contributed by atoms with Gasteiger partial charge in [-0.3, -0.25) is 15.0 Å². The van der Waals surface area contributed by atoms with Crippen LogP contribution in [0.2, 0.25) is 0 Å². The van der Waals surface area contributed by atoms with Crippen molar-refractivity contribution in [1.29, 1.82) is 0 Å². The van der Waals surface area contributed by atoms with Crippen LogP contribution in [0, 0.1) is 0 Å². The lowest BCUT2D eigenvalue weighted by Crippen LogP contribution is -2.27. The van der Waals surface area contributed by atoms with E-state index in [9.17, 15) is 4.79 Å². The third-order valence-electron chi connectivity index (χ3n) is 5.33. The Morgan fingerprint density at radius 3 is 2.89 bits per heavy atom. The molecule has 0 aliphatic heterocycles. The van der Waals surface area contributed by atoms with E-state index in [-0.39, 0.29) is 5.91 Å². The molecule has 2 N–H and O–H groups in total. The first-order chi connectivity index (χ1) is 13.5. The van der Waals surface area contributed by atoms with Gasteiger partial charge in [-0.25, -0.2) is 4.98 Å². The van der Waals surface area contributed by atoms with Gasteiger partial charge in [0.2, 0.25) is 0 Å². The summed E-state index contributed by atoms with van der Waals surface area (Å²) in [4.78, 5) is 18.9. The molecular weight excluding hydrogens is 354 g/mol. The van der Waals surface area contributed by atoms with Gasteiger partial charge >= 0.3 is 0 Å². The molecule has 0 bridgehead atoms. The summed E-state index contributed by atoms with van der Waals surface area (Å²) in [5, 5.41) is 14.8. The summed E-state index contributed by atoms with van der Waals surface area (Å²) in [5.41, 5.74) is 4.79. The second kappa shape index (κ2) is 7.61. The average Bonchev–Trinajstić information content (AvgIpc) is 3.42. The lowest BCUT2D eigenvalue weighted by atomic mass is 9.96. The number of amides is 1. The number of nitrogens with one attached hydrogen (secondary N) is 2. The Labute approximate surface area is 164 Å². The van der Waals surface area contributed by atoms with E-state index in [2.05, 4.69) is 43.8 Å². The number of hydrogen-bond acceptors (Lipinski definition) is 4. The number of hydrogen-bond donors (Lipinski definition) is 2. The van der Waals surface area contributed by atoms with Crippen molar-refractivity contribution in [1.82, 2.24) is 34.8 Å². The van der Waals surface area contributed by atoms with Crippen molar-refractivity contribution in [2.45, 2.75) is 58.5 Å². The van der Waals surface area contributed by atoms with E-state index in [1.807, 2.05) is 12.3 Å². The maximum atomic E-state index is 12.8. The minimum absolute atomic E-state index is 0.107. The van der Waals surface area contributed by atoms with Gasteiger partial charge in [0.15, 0.2) is 0 Å². The van der Waals surface area contributed by atoms with Crippen molar-refractivity contribution in [3.8, 4) is 0 Å². The van der Waals surface area contributed by atoms with Gasteiger partial charge in [-0.15, -0.1) is 0 Å². The van der Waals surface area contributed by atoms with Crippen LogP contribution in [-0.2, 0) is 25.9 Å². The van der Waals surface area contributed by atoms with Crippen molar-refractivity contribution < 1.29 is 4.79 Å². The molecule has 3 heterocycles. The molecule has 8 nitrogen and oxygen atoms in total. The van der Waals surface area contributed by atoms with E-state index in [4.69, 9.17) is 0 Å². The maximum absolute atomic E-state index is 12.8. The minimum Gasteiger partial charge on any atom is -0.334 e. The molecule has 148 valence electrons. The van der Waals surface area contributed by atoms with E-state index in [0.29, 0.717) is 24.7 Å². The Morgan fingerprint density at radius 1 is 1.25 bits per heavy atom. The van der Waals surface area contributed by atoms with E-state index in [0.717, 1.165) is 30.1 Å². The number of carbonyl (C=O) groups excluding carboxylic acids is 1. The summed E-state index contributed by atoms with van der Waals surface area (Å²) in [7, 11) is 1.80. The van der Waals surface area contributed by atoms with Crippen LogP contribution in [0.4, 0.5) is 0 Å². The number of imidazole rings is 1. The van der Waals surface area contributed by atoms with Crippen molar-refractivity contribution in [2.24, 2.45) is 0 Å². The molecular formula is C20H27N7O. The molecule has 3 aromatic heterocycles. The highest BCUT2D eigenvalue weighted by Crippen LogP contribution is 2.23. The average molecular weight is 381 g/mol. The molecule has 0 unspecified atom stereocenters. The van der Waals surface area contributed by atoms with Crippen LogP contribution in [0.1, 0.15) is 71.6 Å². The maximum Gasteiger partial charge on any atom is 0.274 e. The second-order valence-corrected chi connectivity index (χ2v) is 7.84. The molecule has 0 saturated heterocycles. The SMILES string of the molecule is CC(C)c1nccn1Cc1cc(C(=O)N(C)Cc2n[nH]c3c2CCCC3)n[nH]1. The fraction of sp³-hybridized carbons (Fsp3) is 0.500. The number of fused-ring (bicyclic) bond motifs is 1. The second-order valence-electron chi connectivity index (χ2n) is 7.84. The zero-order valence-corrected chi connectivity index (χ0v) is 16.7. The third-order valence-corrected chi connectivity index (χ3v) is 5.33. The van der Waals surface area contributed by atoms with Gasteiger partial charge in [0.05, 0.1) is 24.5 Å². The Morgan fingerprint density at radius 2 is 2.07 bits per heavy atom. The lowest BCUT2D eigenvalue weighted by molar-refractivity contribution is 0.0777. The van der Waals surface area contributed by atoms with Crippen LogP contribution in [-0.4, -0.2) is 47.8 Å². The first-order valence-electron chi connectivity index (χ1n) is 9.88. The Kier molecular flexibility index (Phi) is 5.02. The number of aromatic amines is 2. The number of nitrogens with zero attached hydrogens (tertiary/aromatic N) is 5. The van der Waals surface area contributed by atoms with E-state index < -0.39 is 0 Å². The Hall–Kier alpha value is -2.90. The molecule has 8 heteroatoms. The molecule has 28 heavy (non-hydrogen) atoms. The molecule has 3 aromatic rings. The molecule has 0 fully saturated rings. The topological polar surface area (TPSA) is 95.5 Å². The molecule has 1 aliphatic carbocycles. The van der Waals surface area contributed by atoms with Gasteiger partial charge in [0, 0.05) is 31.1 Å². The smallest absolute Gasteiger partial charge is 0.274 e. The van der Waals surface area contributed by atoms with Gasteiger partial charge in [-0.05, 0) is 37.3 Å². The fourth-order valence-electron chi connectivity index (χ4n) is 3.86. The number of rotatable bonds is 6. The van der Waals surface area contributed by atoms with E-state index in [1.165, 1.54) is 24.1 Å². The molecule has 0 radical (unpaired) electrons. The molecule has 1 aliphatic rings. The highest BCUT2D eigenvalue weighted by Gasteiger charge is 2.21. The molecule has 4 rings (SSSR count). The Bertz CT molecular complexity index is 965. The summed E-state index contributed by atoms with van der Waals surface area (Å²) >= 11 is 0. The van der Waals surface area contributed by atoms with Crippen LogP contribution in [0.15, 0.2) is 18.5 Å². The monoisotopic (exact) mass is 381 g/mol. The molecule has 0 spiro atoms. The number of aryl methyl sites for hydroxylation is 1.